The first-order chi connectivity index (χ1) is 6.52. The molecule has 1 heterocycles. The van der Waals surface area contributed by atoms with Gasteiger partial charge < -0.3 is 9.47 Å². The van der Waals surface area contributed by atoms with Gasteiger partial charge in [0, 0.05) is 26.0 Å². The van der Waals surface area contributed by atoms with Gasteiger partial charge in [-0.2, -0.15) is 5.26 Å². The standard InChI is InChI=1S/C10H8ClNO2/c1-10(2)13-8-3-6(5-12)7(11)4-9(8)14-10/h3-4H,1-2H3. The van der Waals surface area contributed by atoms with Crippen LogP contribution in [0, 0.1) is 11.3 Å². The molecule has 4 heteroatoms. The van der Waals surface area contributed by atoms with Gasteiger partial charge in [0.2, 0.25) is 5.79 Å². The lowest BCUT2D eigenvalue weighted by Crippen LogP contribution is -2.29. The van der Waals surface area contributed by atoms with Crippen molar-refractivity contribution >= 4 is 11.6 Å². The first-order valence-electron chi connectivity index (χ1n) is 4.13. The molecule has 0 amide bonds. The Labute approximate surface area is 86.8 Å². The van der Waals surface area contributed by atoms with Gasteiger partial charge in [0.1, 0.15) is 6.07 Å². The van der Waals surface area contributed by atoms with Gasteiger partial charge in [0.05, 0.1) is 10.6 Å². The van der Waals surface area contributed by atoms with Gasteiger partial charge in [-0.1, -0.05) is 11.6 Å². The molecule has 0 aliphatic carbocycles. The van der Waals surface area contributed by atoms with E-state index in [1.165, 1.54) is 0 Å². The third kappa shape index (κ3) is 1.38. The third-order valence-electron chi connectivity index (χ3n) is 1.87. The van der Waals surface area contributed by atoms with E-state index in [2.05, 4.69) is 0 Å². The van der Waals surface area contributed by atoms with E-state index in [1.54, 1.807) is 26.0 Å². The average molecular weight is 210 g/mol. The predicted molar refractivity (Wildman–Crippen MR) is 51.5 cm³/mol. The second kappa shape index (κ2) is 2.79. The lowest BCUT2D eigenvalue weighted by atomic mass is 10.2. The summed E-state index contributed by atoms with van der Waals surface area (Å²) in [5.74, 6) is 0.467. The fraction of sp³-hybridized carbons (Fsp3) is 0.300. The van der Waals surface area contributed by atoms with E-state index in [1.807, 2.05) is 6.07 Å². The molecule has 0 fully saturated rings. The molecule has 0 aromatic heterocycles. The van der Waals surface area contributed by atoms with Crippen LogP contribution in [0.1, 0.15) is 19.4 Å². The highest BCUT2D eigenvalue weighted by Gasteiger charge is 2.32. The maximum atomic E-state index is 8.75. The summed E-state index contributed by atoms with van der Waals surface area (Å²) in [6.07, 6.45) is 0. The van der Waals surface area contributed by atoms with Crippen molar-refractivity contribution in [3.05, 3.63) is 22.7 Å². The van der Waals surface area contributed by atoms with Crippen molar-refractivity contribution in [3.8, 4) is 17.6 Å². The molecule has 1 aromatic rings. The Kier molecular flexibility index (Phi) is 1.83. The smallest absolute Gasteiger partial charge is 0.246 e. The van der Waals surface area contributed by atoms with E-state index in [-0.39, 0.29) is 0 Å². The number of nitrogens with zero attached hydrogens (tertiary/aromatic N) is 1. The number of fused-ring (bicyclic) bond motifs is 1. The zero-order valence-electron chi connectivity index (χ0n) is 7.80. The highest BCUT2D eigenvalue weighted by atomic mass is 35.5. The van der Waals surface area contributed by atoms with Crippen molar-refractivity contribution in [2.24, 2.45) is 0 Å². The molecule has 3 nitrogen and oxygen atoms in total. The Morgan fingerprint density at radius 1 is 1.29 bits per heavy atom. The summed E-state index contributed by atoms with van der Waals surface area (Å²) >= 11 is 5.84. The summed E-state index contributed by atoms with van der Waals surface area (Å²) in [4.78, 5) is 0. The molecular formula is C10H8ClNO2. The number of benzene rings is 1. The van der Waals surface area contributed by atoms with Crippen LogP contribution in [0.3, 0.4) is 0 Å². The van der Waals surface area contributed by atoms with Crippen molar-refractivity contribution in [2.75, 3.05) is 0 Å². The predicted octanol–water partition coefficient (Wildman–Crippen LogP) is 2.72. The Balaban J connectivity index is 2.51. The molecule has 14 heavy (non-hydrogen) atoms. The lowest BCUT2D eigenvalue weighted by molar-refractivity contribution is -0.0431. The van der Waals surface area contributed by atoms with Crippen LogP contribution in [-0.4, -0.2) is 5.79 Å². The summed E-state index contributed by atoms with van der Waals surface area (Å²) in [6, 6.07) is 5.18. The van der Waals surface area contributed by atoms with E-state index < -0.39 is 5.79 Å². The molecular weight excluding hydrogens is 202 g/mol. The Bertz CT molecular complexity index is 434. The summed E-state index contributed by atoms with van der Waals surface area (Å²) in [7, 11) is 0. The second-order valence-electron chi connectivity index (χ2n) is 3.49. The van der Waals surface area contributed by atoms with Gasteiger partial charge in [0.25, 0.3) is 0 Å². The summed E-state index contributed by atoms with van der Waals surface area (Å²) in [5, 5.41) is 9.13. The second-order valence-corrected chi connectivity index (χ2v) is 3.90. The van der Waals surface area contributed by atoms with E-state index >= 15 is 0 Å². The highest BCUT2D eigenvalue weighted by Crippen LogP contribution is 2.41. The molecule has 0 saturated heterocycles. The van der Waals surface area contributed by atoms with Crippen molar-refractivity contribution in [2.45, 2.75) is 19.6 Å². The SMILES string of the molecule is CC1(C)Oc2cc(Cl)c(C#N)cc2O1. The zero-order valence-corrected chi connectivity index (χ0v) is 8.55. The van der Waals surface area contributed by atoms with Gasteiger partial charge in [0.15, 0.2) is 11.5 Å². The third-order valence-corrected chi connectivity index (χ3v) is 2.18. The van der Waals surface area contributed by atoms with E-state index in [0.717, 1.165) is 0 Å². The van der Waals surface area contributed by atoms with Gasteiger partial charge >= 0.3 is 0 Å². The molecule has 0 radical (unpaired) electrons. The Hall–Kier alpha value is -1.40. The Morgan fingerprint density at radius 3 is 2.43 bits per heavy atom. The largest absolute Gasteiger partial charge is 0.449 e. The maximum Gasteiger partial charge on any atom is 0.246 e. The molecule has 1 aliphatic heterocycles. The van der Waals surface area contributed by atoms with Gasteiger partial charge in [-0.15, -0.1) is 0 Å². The first-order valence-corrected chi connectivity index (χ1v) is 4.51. The van der Waals surface area contributed by atoms with Crippen LogP contribution in [0.15, 0.2) is 12.1 Å². The van der Waals surface area contributed by atoms with Crippen LogP contribution in [0.5, 0.6) is 11.5 Å². The fourth-order valence-electron chi connectivity index (χ4n) is 1.33. The molecule has 2 rings (SSSR count). The number of hydrogen-bond donors (Lipinski definition) is 0. The molecule has 0 bridgehead atoms. The molecule has 72 valence electrons. The minimum absolute atomic E-state index is 0.382. The quantitative estimate of drug-likeness (QED) is 0.660. The van der Waals surface area contributed by atoms with Crippen LogP contribution < -0.4 is 9.47 Å². The van der Waals surface area contributed by atoms with E-state index in [0.29, 0.717) is 22.1 Å². The number of nitriles is 1. The Morgan fingerprint density at radius 2 is 1.86 bits per heavy atom. The van der Waals surface area contributed by atoms with Crippen LogP contribution in [0.25, 0.3) is 0 Å². The molecule has 1 aliphatic rings. The van der Waals surface area contributed by atoms with Crippen molar-refractivity contribution in [1.29, 1.82) is 5.26 Å². The monoisotopic (exact) mass is 209 g/mol. The average Bonchev–Trinajstić information content (AvgIpc) is 2.36. The van der Waals surface area contributed by atoms with Crippen LogP contribution in [0.2, 0.25) is 5.02 Å². The minimum atomic E-state index is -0.681. The normalized spacial score (nSPS) is 16.4. The summed E-state index contributed by atoms with van der Waals surface area (Å²) in [6.45, 7) is 3.60. The van der Waals surface area contributed by atoms with E-state index in [4.69, 9.17) is 26.3 Å². The summed E-state index contributed by atoms with van der Waals surface area (Å²) in [5.41, 5.74) is 0.395. The zero-order chi connectivity index (χ0) is 10.3. The van der Waals surface area contributed by atoms with Crippen molar-refractivity contribution in [3.63, 3.8) is 0 Å². The van der Waals surface area contributed by atoms with Crippen LogP contribution in [0.4, 0.5) is 0 Å². The molecule has 1 aromatic carbocycles. The van der Waals surface area contributed by atoms with Gasteiger partial charge in [-0.05, 0) is 0 Å². The maximum absolute atomic E-state index is 8.75. The summed E-state index contributed by atoms with van der Waals surface area (Å²) < 4.78 is 10.9. The van der Waals surface area contributed by atoms with Crippen molar-refractivity contribution < 1.29 is 9.47 Å². The molecule has 0 spiro atoms. The van der Waals surface area contributed by atoms with Gasteiger partial charge in [-0.25, -0.2) is 0 Å². The number of hydrogen-bond acceptors (Lipinski definition) is 3. The number of rotatable bonds is 0. The minimum Gasteiger partial charge on any atom is -0.449 e. The molecule has 0 saturated carbocycles. The topological polar surface area (TPSA) is 42.2 Å². The first kappa shape index (κ1) is 9.17. The highest BCUT2D eigenvalue weighted by molar-refractivity contribution is 6.31. The molecule has 0 N–H and O–H groups in total. The number of ether oxygens (including phenoxy) is 2. The lowest BCUT2D eigenvalue weighted by Gasteiger charge is -2.16. The number of halogens is 1. The van der Waals surface area contributed by atoms with Crippen LogP contribution in [-0.2, 0) is 0 Å². The van der Waals surface area contributed by atoms with Crippen molar-refractivity contribution in [1.82, 2.24) is 0 Å². The molecule has 0 unspecified atom stereocenters. The van der Waals surface area contributed by atoms with E-state index in [9.17, 15) is 0 Å². The van der Waals surface area contributed by atoms with Crippen LogP contribution >= 0.6 is 11.6 Å². The molecule has 0 atom stereocenters. The van der Waals surface area contributed by atoms with Gasteiger partial charge in [-0.3, -0.25) is 0 Å². The fourth-order valence-corrected chi connectivity index (χ4v) is 1.53.